The van der Waals surface area contributed by atoms with Crippen LogP contribution in [0.3, 0.4) is 0 Å². The van der Waals surface area contributed by atoms with E-state index in [0.717, 1.165) is 6.42 Å². The van der Waals surface area contributed by atoms with Gasteiger partial charge in [-0.05, 0) is 38.8 Å². The Labute approximate surface area is 92.9 Å². The van der Waals surface area contributed by atoms with Crippen molar-refractivity contribution in [3.8, 4) is 0 Å². The molecule has 0 saturated heterocycles. The molecule has 0 fully saturated rings. The fourth-order valence-electron chi connectivity index (χ4n) is 1.91. The van der Waals surface area contributed by atoms with Gasteiger partial charge in [0.15, 0.2) is 0 Å². The second-order valence-electron chi connectivity index (χ2n) is 4.15. The largest absolute Gasteiger partial charge is 0.317 e. The molecule has 1 aromatic heterocycles. The van der Waals surface area contributed by atoms with Gasteiger partial charge in [-0.3, -0.25) is 4.68 Å². The summed E-state index contributed by atoms with van der Waals surface area (Å²) in [6.45, 7) is 2.24. The number of hydrogen-bond donors (Lipinski definition) is 1. The molecule has 1 N–H and O–H groups in total. The highest BCUT2D eigenvalue weighted by atomic mass is 15.2. The van der Waals surface area contributed by atoms with Crippen molar-refractivity contribution in [2.24, 2.45) is 7.05 Å². The molecule has 0 aromatic carbocycles. The summed E-state index contributed by atoms with van der Waals surface area (Å²) in [6, 6.07) is 2.78. The van der Waals surface area contributed by atoms with E-state index in [1.165, 1.54) is 31.4 Å². The molecule has 0 bridgehead atoms. The Morgan fingerprint density at radius 3 is 2.80 bits per heavy atom. The van der Waals surface area contributed by atoms with E-state index < -0.39 is 0 Å². The minimum Gasteiger partial charge on any atom is -0.317 e. The van der Waals surface area contributed by atoms with E-state index in [1.54, 1.807) is 0 Å². The molecule has 1 heterocycles. The minimum atomic E-state index is 0.679. The van der Waals surface area contributed by atoms with Crippen molar-refractivity contribution in [3.63, 3.8) is 0 Å². The molecule has 0 aliphatic rings. The van der Waals surface area contributed by atoms with Gasteiger partial charge in [0, 0.05) is 19.3 Å². The molecule has 1 atom stereocenters. The van der Waals surface area contributed by atoms with Gasteiger partial charge in [-0.25, -0.2) is 0 Å². The van der Waals surface area contributed by atoms with Gasteiger partial charge in [0.25, 0.3) is 0 Å². The van der Waals surface area contributed by atoms with Crippen molar-refractivity contribution in [3.05, 3.63) is 18.0 Å². The highest BCUT2D eigenvalue weighted by Gasteiger charge is 2.04. The summed E-state index contributed by atoms with van der Waals surface area (Å²) in [5.41, 5.74) is 1.21. The molecule has 0 aliphatic carbocycles. The Balaban J connectivity index is 2.20. The zero-order valence-electron chi connectivity index (χ0n) is 10.2. The van der Waals surface area contributed by atoms with E-state index in [-0.39, 0.29) is 0 Å². The van der Waals surface area contributed by atoms with Crippen LogP contribution in [0.5, 0.6) is 0 Å². The van der Waals surface area contributed by atoms with Crippen LogP contribution in [0.1, 0.15) is 38.3 Å². The first-order valence-corrected chi connectivity index (χ1v) is 5.92. The van der Waals surface area contributed by atoms with Crippen LogP contribution in [0.2, 0.25) is 0 Å². The van der Waals surface area contributed by atoms with Crippen LogP contribution in [0.15, 0.2) is 12.3 Å². The standard InChI is InChI=1S/C12H23N3/c1-4-6-11(13-2)7-5-8-12-9-10-15(3)14-12/h9-11,13H,4-8H2,1-3H3. The Morgan fingerprint density at radius 1 is 1.47 bits per heavy atom. The summed E-state index contributed by atoms with van der Waals surface area (Å²) in [7, 11) is 4.03. The molecule has 0 spiro atoms. The van der Waals surface area contributed by atoms with Gasteiger partial charge in [-0.15, -0.1) is 0 Å². The molecule has 1 rings (SSSR count). The third kappa shape index (κ3) is 4.47. The molecule has 15 heavy (non-hydrogen) atoms. The molecule has 1 aromatic rings. The van der Waals surface area contributed by atoms with Crippen LogP contribution in [0, 0.1) is 0 Å². The van der Waals surface area contributed by atoms with E-state index in [2.05, 4.69) is 30.5 Å². The zero-order chi connectivity index (χ0) is 11.1. The van der Waals surface area contributed by atoms with Crippen molar-refractivity contribution in [1.82, 2.24) is 15.1 Å². The number of rotatable bonds is 7. The first-order valence-electron chi connectivity index (χ1n) is 5.92. The summed E-state index contributed by atoms with van der Waals surface area (Å²) in [4.78, 5) is 0. The predicted octanol–water partition coefficient (Wildman–Crippen LogP) is 2.13. The Kier molecular flexibility index (Phi) is 5.40. The maximum Gasteiger partial charge on any atom is 0.0624 e. The molecule has 0 aliphatic heterocycles. The maximum absolute atomic E-state index is 4.38. The summed E-state index contributed by atoms with van der Waals surface area (Å²) in [6.07, 6.45) is 8.12. The van der Waals surface area contributed by atoms with Crippen molar-refractivity contribution in [2.75, 3.05) is 7.05 Å². The Hall–Kier alpha value is -0.830. The van der Waals surface area contributed by atoms with Gasteiger partial charge in [-0.1, -0.05) is 13.3 Å². The van der Waals surface area contributed by atoms with Gasteiger partial charge in [-0.2, -0.15) is 5.10 Å². The van der Waals surface area contributed by atoms with Crippen LogP contribution in [0.25, 0.3) is 0 Å². The lowest BCUT2D eigenvalue weighted by atomic mass is 10.0. The van der Waals surface area contributed by atoms with E-state index in [4.69, 9.17) is 0 Å². The molecule has 1 unspecified atom stereocenters. The minimum absolute atomic E-state index is 0.679. The number of aromatic nitrogens is 2. The predicted molar refractivity (Wildman–Crippen MR) is 63.9 cm³/mol. The van der Waals surface area contributed by atoms with E-state index >= 15 is 0 Å². The summed E-state index contributed by atoms with van der Waals surface area (Å²) in [5, 5.41) is 7.74. The third-order valence-corrected chi connectivity index (χ3v) is 2.80. The summed E-state index contributed by atoms with van der Waals surface area (Å²) < 4.78 is 1.87. The van der Waals surface area contributed by atoms with Gasteiger partial charge in [0.1, 0.15) is 0 Å². The third-order valence-electron chi connectivity index (χ3n) is 2.80. The number of hydrogen-bond acceptors (Lipinski definition) is 2. The van der Waals surface area contributed by atoms with E-state index in [0.29, 0.717) is 6.04 Å². The molecule has 0 saturated carbocycles. The topological polar surface area (TPSA) is 29.9 Å². The van der Waals surface area contributed by atoms with Gasteiger partial charge in [0.05, 0.1) is 5.69 Å². The molecule has 0 radical (unpaired) electrons. The lowest BCUT2D eigenvalue weighted by Crippen LogP contribution is -2.24. The monoisotopic (exact) mass is 209 g/mol. The van der Waals surface area contributed by atoms with Gasteiger partial charge < -0.3 is 5.32 Å². The number of nitrogens with one attached hydrogen (secondary N) is 1. The van der Waals surface area contributed by atoms with Crippen LogP contribution in [-0.2, 0) is 13.5 Å². The fraction of sp³-hybridized carbons (Fsp3) is 0.750. The molecular formula is C12H23N3. The van der Waals surface area contributed by atoms with Crippen LogP contribution >= 0.6 is 0 Å². The van der Waals surface area contributed by atoms with Gasteiger partial charge in [0.2, 0.25) is 0 Å². The smallest absolute Gasteiger partial charge is 0.0624 e. The zero-order valence-corrected chi connectivity index (χ0v) is 10.2. The highest BCUT2D eigenvalue weighted by Crippen LogP contribution is 2.08. The highest BCUT2D eigenvalue weighted by molar-refractivity contribution is 4.98. The van der Waals surface area contributed by atoms with E-state index in [9.17, 15) is 0 Å². The Bertz CT molecular complexity index is 268. The molecule has 86 valence electrons. The second kappa shape index (κ2) is 6.62. The average Bonchev–Trinajstić information content (AvgIpc) is 2.63. The molecule has 3 heteroatoms. The number of aryl methyl sites for hydroxylation is 2. The molecule has 3 nitrogen and oxygen atoms in total. The Morgan fingerprint density at radius 2 is 2.27 bits per heavy atom. The number of nitrogens with zero attached hydrogens (tertiary/aromatic N) is 2. The van der Waals surface area contributed by atoms with Crippen LogP contribution in [-0.4, -0.2) is 22.9 Å². The van der Waals surface area contributed by atoms with Crippen molar-refractivity contribution in [1.29, 1.82) is 0 Å². The van der Waals surface area contributed by atoms with Crippen LogP contribution in [0.4, 0.5) is 0 Å². The quantitative estimate of drug-likeness (QED) is 0.745. The average molecular weight is 209 g/mol. The second-order valence-corrected chi connectivity index (χ2v) is 4.15. The van der Waals surface area contributed by atoms with Crippen molar-refractivity contribution < 1.29 is 0 Å². The fourth-order valence-corrected chi connectivity index (χ4v) is 1.91. The molecule has 0 amide bonds. The summed E-state index contributed by atoms with van der Waals surface area (Å²) in [5.74, 6) is 0. The lowest BCUT2D eigenvalue weighted by Gasteiger charge is -2.14. The van der Waals surface area contributed by atoms with Crippen molar-refractivity contribution in [2.45, 2.75) is 45.1 Å². The summed E-state index contributed by atoms with van der Waals surface area (Å²) >= 11 is 0. The maximum atomic E-state index is 4.38. The first-order chi connectivity index (χ1) is 7.26. The first kappa shape index (κ1) is 12.2. The van der Waals surface area contributed by atoms with Gasteiger partial charge >= 0.3 is 0 Å². The lowest BCUT2D eigenvalue weighted by molar-refractivity contribution is 0.468. The van der Waals surface area contributed by atoms with Crippen molar-refractivity contribution >= 4 is 0 Å². The normalized spacial score (nSPS) is 13.0. The van der Waals surface area contributed by atoms with Crippen LogP contribution < -0.4 is 5.32 Å². The SMILES string of the molecule is CCCC(CCCc1ccn(C)n1)NC. The van der Waals surface area contributed by atoms with E-state index in [1.807, 2.05) is 17.9 Å². The molecular weight excluding hydrogens is 186 g/mol.